The van der Waals surface area contributed by atoms with Gasteiger partial charge in [0.05, 0.1) is 32.4 Å². The van der Waals surface area contributed by atoms with Crippen LogP contribution in [0.15, 0.2) is 78.4 Å². The number of carbonyl (C=O) groups excluding carboxylic acids is 2. The van der Waals surface area contributed by atoms with Gasteiger partial charge in [-0.2, -0.15) is 0 Å². The highest BCUT2D eigenvalue weighted by atomic mass is 16.5. The minimum atomic E-state index is -0.802. The van der Waals surface area contributed by atoms with Crippen LogP contribution in [0.2, 0.25) is 0 Å². The molecule has 1 N–H and O–H groups in total. The highest BCUT2D eigenvalue weighted by Crippen LogP contribution is 2.42. The van der Waals surface area contributed by atoms with E-state index in [4.69, 9.17) is 14.2 Å². The molecule has 1 aliphatic heterocycles. The van der Waals surface area contributed by atoms with Crippen LogP contribution in [0.4, 0.5) is 0 Å². The van der Waals surface area contributed by atoms with Gasteiger partial charge in [0.1, 0.15) is 11.5 Å². The van der Waals surface area contributed by atoms with E-state index in [-0.39, 0.29) is 11.3 Å². The Bertz CT molecular complexity index is 1300. The molecule has 7 nitrogen and oxygen atoms in total. The Balaban J connectivity index is 1.81. The molecular formula is C30H31NO6. The molecule has 0 aliphatic carbocycles. The Kier molecular flexibility index (Phi) is 8.13. The molecule has 1 aliphatic rings. The molecule has 0 spiro atoms. The van der Waals surface area contributed by atoms with Crippen LogP contribution in [0.1, 0.15) is 36.1 Å². The average Bonchev–Trinajstić information content (AvgIpc) is 3.19. The van der Waals surface area contributed by atoms with Crippen LogP contribution >= 0.6 is 0 Å². The summed E-state index contributed by atoms with van der Waals surface area (Å²) in [4.78, 5) is 28.2. The first kappa shape index (κ1) is 25.8. The second kappa shape index (κ2) is 11.6. The third-order valence-corrected chi connectivity index (χ3v) is 6.33. The fraction of sp³-hybridized carbons (Fsp3) is 0.267. The quantitative estimate of drug-likeness (QED) is 0.235. The number of nitrogens with zero attached hydrogens (tertiary/aromatic N) is 1. The van der Waals surface area contributed by atoms with Crippen LogP contribution in [-0.4, -0.2) is 49.1 Å². The number of ketones is 1. The number of hydrogen-bond acceptors (Lipinski definition) is 6. The van der Waals surface area contributed by atoms with Crippen LogP contribution in [0.5, 0.6) is 17.2 Å². The standard InChI is InChI=1S/C30H31NO6/c1-4-17-37-23-12-8-11-22(18-23)28(32)26-27(21-13-14-24(35-2)25(19-21)36-3)31(30(34)29(26)33)16-15-20-9-6-5-7-10-20/h5-14,18-19,27,32H,4,15-17H2,1-3H3. The normalized spacial score (nSPS) is 16.6. The van der Waals surface area contributed by atoms with Gasteiger partial charge in [0.15, 0.2) is 11.5 Å². The number of methoxy groups -OCH3 is 2. The maximum Gasteiger partial charge on any atom is 0.295 e. The lowest BCUT2D eigenvalue weighted by molar-refractivity contribution is -0.139. The van der Waals surface area contributed by atoms with Crippen molar-refractivity contribution in [1.29, 1.82) is 0 Å². The zero-order valence-electron chi connectivity index (χ0n) is 21.3. The van der Waals surface area contributed by atoms with Crippen molar-refractivity contribution >= 4 is 17.4 Å². The number of aliphatic hydroxyl groups is 1. The van der Waals surface area contributed by atoms with Crippen molar-refractivity contribution in [1.82, 2.24) is 4.90 Å². The van der Waals surface area contributed by atoms with E-state index in [0.29, 0.717) is 47.9 Å². The van der Waals surface area contributed by atoms with Crippen molar-refractivity contribution < 1.29 is 28.9 Å². The van der Waals surface area contributed by atoms with Gasteiger partial charge in [0, 0.05) is 12.1 Å². The Morgan fingerprint density at radius 3 is 2.38 bits per heavy atom. The van der Waals surface area contributed by atoms with E-state index in [1.165, 1.54) is 19.1 Å². The van der Waals surface area contributed by atoms with E-state index >= 15 is 0 Å². The molecule has 37 heavy (non-hydrogen) atoms. The zero-order chi connectivity index (χ0) is 26.4. The largest absolute Gasteiger partial charge is 0.507 e. The number of rotatable bonds is 10. The molecule has 1 fully saturated rings. The summed E-state index contributed by atoms with van der Waals surface area (Å²) in [6.45, 7) is 2.83. The van der Waals surface area contributed by atoms with Gasteiger partial charge in [-0.25, -0.2) is 0 Å². The van der Waals surface area contributed by atoms with Crippen molar-refractivity contribution in [3.8, 4) is 17.2 Å². The zero-order valence-corrected chi connectivity index (χ0v) is 21.3. The van der Waals surface area contributed by atoms with Gasteiger partial charge in [-0.05, 0) is 48.2 Å². The lowest BCUT2D eigenvalue weighted by atomic mass is 9.94. The molecule has 1 saturated heterocycles. The summed E-state index contributed by atoms with van der Waals surface area (Å²) >= 11 is 0. The van der Waals surface area contributed by atoms with Crippen LogP contribution in [0, 0.1) is 0 Å². The van der Waals surface area contributed by atoms with E-state index in [0.717, 1.165) is 12.0 Å². The summed E-state index contributed by atoms with van der Waals surface area (Å²) in [5.41, 5.74) is 2.10. The fourth-order valence-corrected chi connectivity index (χ4v) is 4.48. The average molecular weight is 502 g/mol. The number of hydrogen-bond donors (Lipinski definition) is 1. The van der Waals surface area contributed by atoms with E-state index in [1.54, 1.807) is 42.5 Å². The molecule has 0 saturated carbocycles. The number of amides is 1. The molecule has 3 aromatic rings. The number of aliphatic hydroxyl groups excluding tert-OH is 1. The van der Waals surface area contributed by atoms with Gasteiger partial charge in [-0.15, -0.1) is 0 Å². The summed E-state index contributed by atoms with van der Waals surface area (Å²) in [6.07, 6.45) is 1.39. The van der Waals surface area contributed by atoms with Crippen molar-refractivity contribution in [3.63, 3.8) is 0 Å². The first-order valence-electron chi connectivity index (χ1n) is 12.3. The third-order valence-electron chi connectivity index (χ3n) is 6.33. The monoisotopic (exact) mass is 501 g/mol. The Hall–Kier alpha value is -4.26. The number of carbonyl (C=O) groups is 2. The van der Waals surface area contributed by atoms with Crippen LogP contribution in [0.25, 0.3) is 5.76 Å². The maximum absolute atomic E-state index is 13.4. The summed E-state index contributed by atoms with van der Waals surface area (Å²) < 4.78 is 16.6. The molecule has 0 radical (unpaired) electrons. The molecule has 7 heteroatoms. The first-order valence-corrected chi connectivity index (χ1v) is 12.3. The third kappa shape index (κ3) is 5.45. The van der Waals surface area contributed by atoms with Gasteiger partial charge >= 0.3 is 0 Å². The molecule has 3 aromatic carbocycles. The van der Waals surface area contributed by atoms with Crippen molar-refractivity contribution in [2.75, 3.05) is 27.4 Å². The van der Waals surface area contributed by atoms with Gasteiger partial charge in [-0.1, -0.05) is 55.5 Å². The maximum atomic E-state index is 13.4. The Morgan fingerprint density at radius 2 is 1.68 bits per heavy atom. The molecule has 0 bridgehead atoms. The van der Waals surface area contributed by atoms with Crippen molar-refractivity contribution in [2.45, 2.75) is 25.8 Å². The van der Waals surface area contributed by atoms with Crippen LogP contribution in [-0.2, 0) is 16.0 Å². The fourth-order valence-electron chi connectivity index (χ4n) is 4.48. The minimum absolute atomic E-state index is 0.0259. The highest BCUT2D eigenvalue weighted by Gasteiger charge is 2.46. The number of benzene rings is 3. The first-order chi connectivity index (χ1) is 18.0. The van der Waals surface area contributed by atoms with Crippen LogP contribution < -0.4 is 14.2 Å². The molecular weight excluding hydrogens is 470 g/mol. The lowest BCUT2D eigenvalue weighted by Gasteiger charge is -2.26. The van der Waals surface area contributed by atoms with E-state index < -0.39 is 17.7 Å². The SMILES string of the molecule is CCCOc1cccc(C(O)=C2C(=O)C(=O)N(CCc3ccccc3)C2c2ccc(OC)c(OC)c2)c1. The summed E-state index contributed by atoms with van der Waals surface area (Å²) in [7, 11) is 3.06. The predicted molar refractivity (Wildman–Crippen MR) is 141 cm³/mol. The smallest absolute Gasteiger partial charge is 0.295 e. The molecule has 192 valence electrons. The summed E-state index contributed by atoms with van der Waals surface area (Å²) in [5.74, 6) is -0.0769. The van der Waals surface area contributed by atoms with E-state index in [9.17, 15) is 14.7 Å². The minimum Gasteiger partial charge on any atom is -0.507 e. The molecule has 1 amide bonds. The second-order valence-electron chi connectivity index (χ2n) is 8.72. The summed E-state index contributed by atoms with van der Waals surface area (Å²) in [5, 5.41) is 11.4. The highest BCUT2D eigenvalue weighted by molar-refractivity contribution is 6.46. The van der Waals surface area contributed by atoms with E-state index in [1.807, 2.05) is 37.3 Å². The number of likely N-dealkylation sites (tertiary alicyclic amines) is 1. The van der Waals surface area contributed by atoms with E-state index in [2.05, 4.69) is 0 Å². The molecule has 0 aromatic heterocycles. The molecule has 1 atom stereocenters. The molecule has 1 unspecified atom stereocenters. The van der Waals surface area contributed by atoms with Gasteiger partial charge in [0.2, 0.25) is 0 Å². The van der Waals surface area contributed by atoms with Gasteiger partial charge in [-0.3, -0.25) is 9.59 Å². The Labute approximate surface area is 216 Å². The second-order valence-corrected chi connectivity index (χ2v) is 8.72. The van der Waals surface area contributed by atoms with Crippen molar-refractivity contribution in [3.05, 3.63) is 95.1 Å². The van der Waals surface area contributed by atoms with Gasteiger partial charge < -0.3 is 24.2 Å². The van der Waals surface area contributed by atoms with Crippen molar-refractivity contribution in [2.24, 2.45) is 0 Å². The van der Waals surface area contributed by atoms with Crippen LogP contribution in [0.3, 0.4) is 0 Å². The van der Waals surface area contributed by atoms with Gasteiger partial charge in [0.25, 0.3) is 11.7 Å². The topological polar surface area (TPSA) is 85.3 Å². The number of ether oxygens (including phenoxy) is 3. The lowest BCUT2D eigenvalue weighted by Crippen LogP contribution is -2.31. The predicted octanol–water partition coefficient (Wildman–Crippen LogP) is 5.16. The Morgan fingerprint density at radius 1 is 0.919 bits per heavy atom. The molecule has 4 rings (SSSR count). The summed E-state index contributed by atoms with van der Waals surface area (Å²) in [6, 6.07) is 21.1. The molecule has 1 heterocycles. The number of Topliss-reactive ketones (excluding diaryl/α,β-unsaturated/α-hetero) is 1.